The van der Waals surface area contributed by atoms with Crippen molar-refractivity contribution in [3.8, 4) is 45.3 Å². The SMILES string of the molecule is c1ccc(-c2nc(-c3ccc(-c4ccc5ccccc5c4)cc3)nc(-c3ccc4c(ccc5ccccc54)c3)n2)cc1. The van der Waals surface area contributed by atoms with Crippen LogP contribution in [0.15, 0.2) is 152 Å². The van der Waals surface area contributed by atoms with Gasteiger partial charge in [0.2, 0.25) is 0 Å². The zero-order chi connectivity index (χ0) is 27.9. The van der Waals surface area contributed by atoms with Crippen molar-refractivity contribution in [2.24, 2.45) is 0 Å². The van der Waals surface area contributed by atoms with Crippen LogP contribution in [0.2, 0.25) is 0 Å². The molecule has 0 aliphatic heterocycles. The molecule has 0 N–H and O–H groups in total. The zero-order valence-electron chi connectivity index (χ0n) is 22.8. The van der Waals surface area contributed by atoms with E-state index in [0.29, 0.717) is 17.5 Å². The molecule has 8 aromatic rings. The highest BCUT2D eigenvalue weighted by Crippen LogP contribution is 2.31. The minimum atomic E-state index is 0.655. The maximum atomic E-state index is 4.99. The second-order valence-corrected chi connectivity index (χ2v) is 10.5. The first-order valence-corrected chi connectivity index (χ1v) is 14.1. The van der Waals surface area contributed by atoms with E-state index in [1.165, 1.54) is 32.5 Å². The number of hydrogen-bond acceptors (Lipinski definition) is 3. The number of nitrogens with zero attached hydrogens (tertiary/aromatic N) is 3. The lowest BCUT2D eigenvalue weighted by atomic mass is 9.99. The lowest BCUT2D eigenvalue weighted by molar-refractivity contribution is 1.07. The Morgan fingerprint density at radius 1 is 0.262 bits per heavy atom. The van der Waals surface area contributed by atoms with Crippen LogP contribution in [0.5, 0.6) is 0 Å². The number of benzene rings is 7. The normalized spacial score (nSPS) is 11.3. The summed E-state index contributed by atoms with van der Waals surface area (Å²) in [5.74, 6) is 1.97. The van der Waals surface area contributed by atoms with Gasteiger partial charge in [-0.2, -0.15) is 0 Å². The molecular weight excluding hydrogens is 510 g/mol. The van der Waals surface area contributed by atoms with Crippen LogP contribution >= 0.6 is 0 Å². The summed E-state index contributed by atoms with van der Waals surface area (Å²) < 4.78 is 0. The van der Waals surface area contributed by atoms with Crippen molar-refractivity contribution < 1.29 is 0 Å². The van der Waals surface area contributed by atoms with Gasteiger partial charge >= 0.3 is 0 Å². The van der Waals surface area contributed by atoms with Crippen LogP contribution in [0.25, 0.3) is 77.6 Å². The highest BCUT2D eigenvalue weighted by molar-refractivity contribution is 6.08. The fraction of sp³-hybridized carbons (Fsp3) is 0. The van der Waals surface area contributed by atoms with Crippen molar-refractivity contribution in [2.75, 3.05) is 0 Å². The minimum absolute atomic E-state index is 0.655. The first-order valence-electron chi connectivity index (χ1n) is 14.1. The molecule has 0 aliphatic rings. The standard InChI is InChI=1S/C39H25N3/c1-2-10-29(11-3-1)37-40-38(30-18-14-27(15-19-30)32-20-16-26-8-4-5-12-31(26)24-32)42-39(41-37)34-22-23-36-33(25-34)21-17-28-9-6-7-13-35(28)36/h1-25H. The topological polar surface area (TPSA) is 38.7 Å². The molecule has 0 amide bonds. The van der Waals surface area contributed by atoms with Gasteiger partial charge in [-0.05, 0) is 55.6 Å². The van der Waals surface area contributed by atoms with Gasteiger partial charge in [0.05, 0.1) is 0 Å². The van der Waals surface area contributed by atoms with Crippen molar-refractivity contribution in [1.29, 1.82) is 0 Å². The minimum Gasteiger partial charge on any atom is -0.208 e. The summed E-state index contributed by atoms with van der Waals surface area (Å²) >= 11 is 0. The molecule has 42 heavy (non-hydrogen) atoms. The molecule has 0 fully saturated rings. The Balaban J connectivity index is 1.23. The average Bonchev–Trinajstić information content (AvgIpc) is 3.08. The Morgan fingerprint density at radius 2 is 0.738 bits per heavy atom. The molecule has 1 heterocycles. The van der Waals surface area contributed by atoms with Gasteiger partial charge in [-0.15, -0.1) is 0 Å². The largest absolute Gasteiger partial charge is 0.208 e. The van der Waals surface area contributed by atoms with Crippen LogP contribution in [0.4, 0.5) is 0 Å². The molecule has 7 aromatic carbocycles. The molecular formula is C39H25N3. The maximum Gasteiger partial charge on any atom is 0.164 e. The average molecular weight is 536 g/mol. The maximum absolute atomic E-state index is 4.99. The Morgan fingerprint density at radius 3 is 1.52 bits per heavy atom. The van der Waals surface area contributed by atoms with Crippen LogP contribution in [-0.2, 0) is 0 Å². The van der Waals surface area contributed by atoms with Crippen LogP contribution in [0, 0.1) is 0 Å². The van der Waals surface area contributed by atoms with Gasteiger partial charge in [-0.1, -0.05) is 140 Å². The molecule has 3 heteroatoms. The number of hydrogen-bond donors (Lipinski definition) is 0. The Bertz CT molecular complexity index is 2240. The number of rotatable bonds is 4. The Hall–Kier alpha value is -5.67. The molecule has 0 bridgehead atoms. The third-order valence-electron chi connectivity index (χ3n) is 7.90. The van der Waals surface area contributed by atoms with Gasteiger partial charge < -0.3 is 0 Å². The molecule has 0 radical (unpaired) electrons. The second kappa shape index (κ2) is 10.1. The van der Waals surface area contributed by atoms with E-state index in [1.807, 2.05) is 30.3 Å². The highest BCUT2D eigenvalue weighted by Gasteiger charge is 2.13. The van der Waals surface area contributed by atoms with Crippen molar-refractivity contribution in [3.63, 3.8) is 0 Å². The molecule has 0 unspecified atom stereocenters. The molecule has 1 aromatic heterocycles. The first kappa shape index (κ1) is 24.2. The number of fused-ring (bicyclic) bond motifs is 4. The molecule has 0 aliphatic carbocycles. The third kappa shape index (κ3) is 4.38. The van der Waals surface area contributed by atoms with Gasteiger partial charge in [-0.25, -0.2) is 15.0 Å². The van der Waals surface area contributed by atoms with Crippen LogP contribution < -0.4 is 0 Å². The molecule has 196 valence electrons. The summed E-state index contributed by atoms with van der Waals surface area (Å²) in [4.78, 5) is 14.9. The molecule has 0 saturated heterocycles. The molecule has 0 saturated carbocycles. The lowest BCUT2D eigenvalue weighted by Crippen LogP contribution is -2.00. The lowest BCUT2D eigenvalue weighted by Gasteiger charge is -2.10. The van der Waals surface area contributed by atoms with E-state index in [9.17, 15) is 0 Å². The molecule has 8 rings (SSSR count). The predicted molar refractivity (Wildman–Crippen MR) is 174 cm³/mol. The molecule has 3 nitrogen and oxygen atoms in total. The highest BCUT2D eigenvalue weighted by atomic mass is 15.0. The van der Waals surface area contributed by atoms with E-state index < -0.39 is 0 Å². The van der Waals surface area contributed by atoms with E-state index in [2.05, 4.69) is 121 Å². The summed E-state index contributed by atoms with van der Waals surface area (Å²) in [6.45, 7) is 0. The molecule has 0 atom stereocenters. The van der Waals surface area contributed by atoms with Gasteiger partial charge in [0.25, 0.3) is 0 Å². The smallest absolute Gasteiger partial charge is 0.164 e. The van der Waals surface area contributed by atoms with Crippen molar-refractivity contribution >= 4 is 32.3 Å². The van der Waals surface area contributed by atoms with Crippen LogP contribution in [0.1, 0.15) is 0 Å². The predicted octanol–water partition coefficient (Wildman–Crippen LogP) is 10.00. The van der Waals surface area contributed by atoms with Crippen molar-refractivity contribution in [3.05, 3.63) is 152 Å². The Kier molecular flexibility index (Phi) is 5.79. The van der Waals surface area contributed by atoms with E-state index in [1.54, 1.807) is 0 Å². The van der Waals surface area contributed by atoms with Gasteiger partial charge in [0.15, 0.2) is 17.5 Å². The van der Waals surface area contributed by atoms with Crippen LogP contribution in [-0.4, -0.2) is 15.0 Å². The molecule has 0 spiro atoms. The van der Waals surface area contributed by atoms with Crippen LogP contribution in [0.3, 0.4) is 0 Å². The van der Waals surface area contributed by atoms with Crippen molar-refractivity contribution in [1.82, 2.24) is 15.0 Å². The van der Waals surface area contributed by atoms with E-state index in [4.69, 9.17) is 15.0 Å². The monoisotopic (exact) mass is 535 g/mol. The van der Waals surface area contributed by atoms with Gasteiger partial charge in [0.1, 0.15) is 0 Å². The zero-order valence-corrected chi connectivity index (χ0v) is 22.8. The van der Waals surface area contributed by atoms with Gasteiger partial charge in [0, 0.05) is 16.7 Å². The number of aromatic nitrogens is 3. The first-order chi connectivity index (χ1) is 20.8. The second-order valence-electron chi connectivity index (χ2n) is 10.5. The van der Waals surface area contributed by atoms with E-state index >= 15 is 0 Å². The summed E-state index contributed by atoms with van der Waals surface area (Å²) in [7, 11) is 0. The quantitative estimate of drug-likeness (QED) is 0.211. The summed E-state index contributed by atoms with van der Waals surface area (Å²) in [5, 5.41) is 7.34. The van der Waals surface area contributed by atoms with Gasteiger partial charge in [-0.3, -0.25) is 0 Å². The van der Waals surface area contributed by atoms with E-state index in [0.717, 1.165) is 27.6 Å². The fourth-order valence-electron chi connectivity index (χ4n) is 5.68. The van der Waals surface area contributed by atoms with Crippen molar-refractivity contribution in [2.45, 2.75) is 0 Å². The van der Waals surface area contributed by atoms with E-state index in [-0.39, 0.29) is 0 Å². The fourth-order valence-corrected chi connectivity index (χ4v) is 5.68. The summed E-state index contributed by atoms with van der Waals surface area (Å²) in [5.41, 5.74) is 5.22. The summed E-state index contributed by atoms with van der Waals surface area (Å²) in [6, 6.07) is 53.0. The third-order valence-corrected chi connectivity index (χ3v) is 7.90. The Labute approximate surface area is 243 Å². The summed E-state index contributed by atoms with van der Waals surface area (Å²) in [6.07, 6.45) is 0.